The summed E-state index contributed by atoms with van der Waals surface area (Å²) in [5.74, 6) is 2.62. The highest BCUT2D eigenvalue weighted by molar-refractivity contribution is 5.92. The second kappa shape index (κ2) is 4.96. The van der Waals surface area contributed by atoms with Crippen LogP contribution in [0.5, 0.6) is 0 Å². The van der Waals surface area contributed by atoms with Crippen LogP contribution in [0.15, 0.2) is 12.5 Å². The van der Waals surface area contributed by atoms with E-state index in [1.807, 2.05) is 0 Å². The maximum absolute atomic E-state index is 14.2. The second-order valence-electron chi connectivity index (χ2n) is 4.73. The van der Waals surface area contributed by atoms with Gasteiger partial charge in [0.25, 0.3) is 0 Å². The average molecular weight is 292 g/mol. The van der Waals surface area contributed by atoms with Gasteiger partial charge in [0, 0.05) is 6.20 Å². The molecule has 0 unspecified atom stereocenters. The van der Waals surface area contributed by atoms with Crippen LogP contribution >= 0.6 is 0 Å². The Bertz CT molecular complexity index is 726. The van der Waals surface area contributed by atoms with Crippen LogP contribution in [0.25, 0.3) is 11.0 Å². The molecule has 1 saturated heterocycles. The molecule has 8 heteroatoms. The van der Waals surface area contributed by atoms with Gasteiger partial charge < -0.3 is 25.3 Å². The number of aliphatic hydroxyl groups is 2. The molecule has 3 rings (SSSR count). The molecule has 2 aromatic rings. The second-order valence-corrected chi connectivity index (χ2v) is 4.73. The van der Waals surface area contributed by atoms with Gasteiger partial charge in [0.2, 0.25) is 0 Å². The van der Waals surface area contributed by atoms with Gasteiger partial charge in [-0.05, 0) is 0 Å². The van der Waals surface area contributed by atoms with Crippen LogP contribution in [0.1, 0.15) is 11.8 Å². The van der Waals surface area contributed by atoms with E-state index in [1.54, 1.807) is 0 Å². The van der Waals surface area contributed by atoms with Gasteiger partial charge in [0.05, 0.1) is 17.6 Å². The Labute approximate surface area is 119 Å². The molecule has 0 spiro atoms. The minimum absolute atomic E-state index is 0.180. The van der Waals surface area contributed by atoms with Gasteiger partial charge in [0.1, 0.15) is 30.0 Å². The van der Waals surface area contributed by atoms with Crippen molar-refractivity contribution in [3.05, 3.63) is 18.1 Å². The molecular weight excluding hydrogens is 279 g/mol. The molecule has 3 heterocycles. The highest BCUT2D eigenvalue weighted by Gasteiger charge is 2.45. The quantitative estimate of drug-likeness (QED) is 0.649. The van der Waals surface area contributed by atoms with E-state index in [9.17, 15) is 9.50 Å². The molecule has 2 aromatic heterocycles. The third kappa shape index (κ3) is 1.94. The fourth-order valence-corrected chi connectivity index (χ4v) is 2.49. The monoisotopic (exact) mass is 292 g/mol. The number of ether oxygens (including phenoxy) is 1. The summed E-state index contributed by atoms with van der Waals surface area (Å²) in [6.45, 7) is -0.490. The molecule has 7 nitrogen and oxygen atoms in total. The predicted molar refractivity (Wildman–Crippen MR) is 71.8 cm³/mol. The smallest absolute Gasteiger partial charge is 0.173 e. The number of hydrogen-bond acceptors (Lipinski definition) is 6. The van der Waals surface area contributed by atoms with Crippen LogP contribution in [0, 0.1) is 12.3 Å². The van der Waals surface area contributed by atoms with Crippen molar-refractivity contribution in [2.45, 2.75) is 24.6 Å². The van der Waals surface area contributed by atoms with E-state index in [2.05, 4.69) is 15.9 Å². The van der Waals surface area contributed by atoms with Crippen LogP contribution in [-0.4, -0.2) is 49.7 Å². The van der Waals surface area contributed by atoms with Crippen molar-refractivity contribution in [1.29, 1.82) is 0 Å². The number of fused-ring (bicyclic) bond motifs is 1. The molecule has 0 amide bonds. The lowest BCUT2D eigenvalue weighted by atomic mass is 10.1. The Morgan fingerprint density at radius 1 is 1.52 bits per heavy atom. The number of halogens is 1. The summed E-state index contributed by atoms with van der Waals surface area (Å²) in [6.07, 6.45) is 2.82. The first-order valence-corrected chi connectivity index (χ1v) is 6.24. The Balaban J connectivity index is 2.14. The van der Waals surface area contributed by atoms with Crippen molar-refractivity contribution in [2.24, 2.45) is 0 Å². The van der Waals surface area contributed by atoms with Gasteiger partial charge in [-0.2, -0.15) is 0 Å². The predicted octanol–water partition coefficient (Wildman–Crippen LogP) is -0.417. The van der Waals surface area contributed by atoms with Gasteiger partial charge in [0.15, 0.2) is 12.4 Å². The average Bonchev–Trinajstić information content (AvgIpc) is 2.99. The number of aliphatic hydroxyl groups excluding tert-OH is 2. The number of aromatic nitrogens is 3. The maximum atomic E-state index is 14.2. The molecule has 4 N–H and O–H groups in total. The Hall–Kier alpha value is -2.21. The largest absolute Gasteiger partial charge is 0.394 e. The summed E-state index contributed by atoms with van der Waals surface area (Å²) in [4.78, 5) is 7.91. The number of terminal acetylenes is 1. The lowest BCUT2D eigenvalue weighted by molar-refractivity contribution is -0.0457. The summed E-state index contributed by atoms with van der Waals surface area (Å²) in [7, 11) is 0. The summed E-state index contributed by atoms with van der Waals surface area (Å²) in [6, 6.07) is 0. The Kier molecular flexibility index (Phi) is 3.25. The molecule has 0 radical (unpaired) electrons. The van der Waals surface area contributed by atoms with E-state index in [0.717, 1.165) is 0 Å². The van der Waals surface area contributed by atoms with Crippen molar-refractivity contribution in [3.63, 3.8) is 0 Å². The summed E-state index contributed by atoms with van der Waals surface area (Å²) >= 11 is 0. The first-order chi connectivity index (χ1) is 10.1. The number of nitrogens with two attached hydrogens (primary N) is 1. The molecule has 1 aliphatic heterocycles. The highest BCUT2D eigenvalue weighted by atomic mass is 19.1. The number of anilines is 1. The fourth-order valence-electron chi connectivity index (χ4n) is 2.49. The van der Waals surface area contributed by atoms with Gasteiger partial charge >= 0.3 is 0 Å². The number of rotatable bonds is 2. The standard InChI is InChI=1S/C13H13FN4O3/c1-2-6-3-18(12-8(6)11(15)16-5-17-12)13-9(14)10(20)7(4-19)21-13/h1,3,5,7,9-10,13,19-20H,4H2,(H2,15,16,17)/t7-,9-,10-,13-/m1/s1. The van der Waals surface area contributed by atoms with E-state index in [0.29, 0.717) is 16.6 Å². The van der Waals surface area contributed by atoms with Gasteiger partial charge in [-0.1, -0.05) is 5.92 Å². The molecule has 4 atom stereocenters. The lowest BCUT2D eigenvalue weighted by Crippen LogP contribution is -2.30. The van der Waals surface area contributed by atoms with Gasteiger partial charge in [-0.3, -0.25) is 0 Å². The molecule has 1 aliphatic rings. The Morgan fingerprint density at radius 2 is 2.29 bits per heavy atom. The van der Waals surface area contributed by atoms with Crippen LogP contribution < -0.4 is 5.73 Å². The van der Waals surface area contributed by atoms with E-state index >= 15 is 0 Å². The van der Waals surface area contributed by atoms with Crippen molar-refractivity contribution in [1.82, 2.24) is 14.5 Å². The summed E-state index contributed by atoms with van der Waals surface area (Å²) in [5, 5.41) is 19.2. The number of nitrogen functional groups attached to an aromatic ring is 1. The van der Waals surface area contributed by atoms with Crippen LogP contribution in [0.3, 0.4) is 0 Å². The van der Waals surface area contributed by atoms with Gasteiger partial charge in [-0.15, -0.1) is 6.42 Å². The molecular formula is C13H13FN4O3. The SMILES string of the molecule is C#Cc1cn([C@@H]2O[C@H](CO)[C@@H](O)[C@H]2F)c2ncnc(N)c12. The molecule has 0 aromatic carbocycles. The first kappa shape index (κ1) is 13.8. The van der Waals surface area contributed by atoms with Crippen LogP contribution in [-0.2, 0) is 4.74 Å². The third-order valence-corrected chi connectivity index (χ3v) is 3.54. The summed E-state index contributed by atoms with van der Waals surface area (Å²) < 4.78 is 20.9. The van der Waals surface area contributed by atoms with E-state index < -0.39 is 31.2 Å². The third-order valence-electron chi connectivity index (χ3n) is 3.54. The topological polar surface area (TPSA) is 106 Å². The molecule has 21 heavy (non-hydrogen) atoms. The van der Waals surface area contributed by atoms with Crippen molar-refractivity contribution in [3.8, 4) is 12.3 Å². The maximum Gasteiger partial charge on any atom is 0.173 e. The first-order valence-electron chi connectivity index (χ1n) is 6.24. The van der Waals surface area contributed by atoms with Crippen LogP contribution in [0.4, 0.5) is 10.2 Å². The lowest BCUT2D eigenvalue weighted by Gasteiger charge is -2.15. The Morgan fingerprint density at radius 3 is 2.90 bits per heavy atom. The van der Waals surface area contributed by atoms with E-state index in [1.165, 1.54) is 17.1 Å². The molecule has 110 valence electrons. The zero-order valence-corrected chi connectivity index (χ0v) is 10.8. The van der Waals surface area contributed by atoms with E-state index in [4.69, 9.17) is 22.0 Å². The molecule has 0 bridgehead atoms. The zero-order chi connectivity index (χ0) is 15.1. The van der Waals surface area contributed by atoms with Crippen molar-refractivity contribution >= 4 is 16.9 Å². The zero-order valence-electron chi connectivity index (χ0n) is 10.8. The molecule has 0 saturated carbocycles. The fraction of sp³-hybridized carbons (Fsp3) is 0.385. The number of hydrogen-bond donors (Lipinski definition) is 3. The number of alkyl halides is 1. The number of nitrogens with zero attached hydrogens (tertiary/aromatic N) is 3. The highest BCUT2D eigenvalue weighted by Crippen LogP contribution is 2.35. The summed E-state index contributed by atoms with van der Waals surface area (Å²) in [5.41, 5.74) is 6.49. The molecule has 0 aliphatic carbocycles. The minimum Gasteiger partial charge on any atom is -0.394 e. The van der Waals surface area contributed by atoms with Crippen molar-refractivity contribution < 1.29 is 19.3 Å². The van der Waals surface area contributed by atoms with Crippen LogP contribution in [0.2, 0.25) is 0 Å². The minimum atomic E-state index is -1.72. The van der Waals surface area contributed by atoms with E-state index in [-0.39, 0.29) is 5.82 Å². The van der Waals surface area contributed by atoms with Gasteiger partial charge in [-0.25, -0.2) is 14.4 Å². The normalized spacial score (nSPS) is 28.9. The molecule has 1 fully saturated rings. The van der Waals surface area contributed by atoms with Crippen molar-refractivity contribution in [2.75, 3.05) is 12.3 Å².